The maximum atomic E-state index is 12.6. The van der Waals surface area contributed by atoms with Crippen molar-refractivity contribution in [1.82, 2.24) is 5.01 Å². The summed E-state index contributed by atoms with van der Waals surface area (Å²) in [6.07, 6.45) is 1.93. The zero-order chi connectivity index (χ0) is 15.8. The number of hydrogen-bond donors (Lipinski definition) is 1. The molecular formula is C14H25N3O3S. The summed E-state index contributed by atoms with van der Waals surface area (Å²) in [6, 6.07) is -0.303. The zero-order valence-electron chi connectivity index (χ0n) is 13.0. The first-order valence-corrected chi connectivity index (χ1v) is 9.30. The standard InChI is InChI=1S/C14H25N3O3S/c1-14(2,3)12-11(5-4-7-15)13(18)17(16-12)10-6-8-21(19,20)9-10/h10-11H,4-9,15H2,1-3H3. The molecule has 0 spiro atoms. The first-order valence-electron chi connectivity index (χ1n) is 7.48. The molecule has 0 aliphatic carbocycles. The predicted molar refractivity (Wildman–Crippen MR) is 82.6 cm³/mol. The average molecular weight is 315 g/mol. The van der Waals surface area contributed by atoms with Crippen molar-refractivity contribution in [2.45, 2.75) is 46.1 Å². The van der Waals surface area contributed by atoms with Crippen LogP contribution in [0, 0.1) is 11.3 Å². The molecule has 21 heavy (non-hydrogen) atoms. The van der Waals surface area contributed by atoms with Crippen LogP contribution in [0.1, 0.15) is 40.0 Å². The van der Waals surface area contributed by atoms with E-state index in [0.717, 1.165) is 12.1 Å². The lowest BCUT2D eigenvalue weighted by atomic mass is 9.80. The normalized spacial score (nSPS) is 29.0. The smallest absolute Gasteiger partial charge is 0.251 e. The Morgan fingerprint density at radius 1 is 1.38 bits per heavy atom. The Morgan fingerprint density at radius 2 is 2.05 bits per heavy atom. The van der Waals surface area contributed by atoms with Crippen molar-refractivity contribution in [1.29, 1.82) is 0 Å². The van der Waals surface area contributed by atoms with Crippen LogP contribution in [0.2, 0.25) is 0 Å². The minimum Gasteiger partial charge on any atom is -0.330 e. The first kappa shape index (κ1) is 16.4. The van der Waals surface area contributed by atoms with Crippen molar-refractivity contribution >= 4 is 21.5 Å². The Bertz CT molecular complexity index is 548. The minimum atomic E-state index is -3.03. The van der Waals surface area contributed by atoms with E-state index in [1.54, 1.807) is 0 Å². The zero-order valence-corrected chi connectivity index (χ0v) is 13.8. The molecule has 2 aliphatic heterocycles. The molecule has 0 bridgehead atoms. The Hall–Kier alpha value is -0.950. The Kier molecular flexibility index (Phi) is 4.44. The fourth-order valence-corrected chi connectivity index (χ4v) is 4.69. The third-order valence-corrected chi connectivity index (χ3v) is 5.84. The Morgan fingerprint density at radius 3 is 2.52 bits per heavy atom. The van der Waals surface area contributed by atoms with E-state index in [-0.39, 0.29) is 34.8 Å². The largest absolute Gasteiger partial charge is 0.330 e. The number of carbonyl (C=O) groups excluding carboxylic acids is 1. The summed E-state index contributed by atoms with van der Waals surface area (Å²) < 4.78 is 23.3. The number of rotatable bonds is 4. The Balaban J connectivity index is 2.24. The number of amides is 1. The van der Waals surface area contributed by atoms with Gasteiger partial charge in [-0.1, -0.05) is 20.8 Å². The second-order valence-corrected chi connectivity index (χ2v) is 9.19. The van der Waals surface area contributed by atoms with E-state index in [9.17, 15) is 13.2 Å². The average Bonchev–Trinajstić information content (AvgIpc) is 2.87. The van der Waals surface area contributed by atoms with E-state index in [2.05, 4.69) is 5.10 Å². The van der Waals surface area contributed by atoms with Crippen LogP contribution in [0.25, 0.3) is 0 Å². The molecule has 1 fully saturated rings. The van der Waals surface area contributed by atoms with Gasteiger partial charge in [0.1, 0.15) is 0 Å². The van der Waals surface area contributed by atoms with Crippen LogP contribution in [-0.4, -0.2) is 49.1 Å². The second-order valence-electron chi connectivity index (χ2n) is 6.96. The molecule has 1 saturated heterocycles. The predicted octanol–water partition coefficient (Wildman–Crippen LogP) is 0.773. The number of nitrogens with zero attached hydrogens (tertiary/aromatic N) is 2. The molecule has 0 radical (unpaired) electrons. The molecule has 120 valence electrons. The van der Waals surface area contributed by atoms with Crippen molar-refractivity contribution in [3.05, 3.63) is 0 Å². The van der Waals surface area contributed by atoms with Crippen LogP contribution in [0.15, 0.2) is 5.10 Å². The SMILES string of the molecule is CC(C)(C)C1=NN(C2CCS(=O)(=O)C2)C(=O)C1CCCN. The van der Waals surface area contributed by atoms with E-state index >= 15 is 0 Å². The number of nitrogens with two attached hydrogens (primary N) is 1. The highest BCUT2D eigenvalue weighted by molar-refractivity contribution is 7.91. The summed E-state index contributed by atoms with van der Waals surface area (Å²) in [5.74, 6) is -0.134. The lowest BCUT2D eigenvalue weighted by Crippen LogP contribution is -2.37. The van der Waals surface area contributed by atoms with E-state index in [0.29, 0.717) is 19.4 Å². The number of carbonyl (C=O) groups is 1. The van der Waals surface area contributed by atoms with Gasteiger partial charge in [0.2, 0.25) is 0 Å². The molecule has 2 atom stereocenters. The molecule has 0 aromatic rings. The lowest BCUT2D eigenvalue weighted by molar-refractivity contribution is -0.133. The van der Waals surface area contributed by atoms with Crippen LogP contribution in [-0.2, 0) is 14.6 Å². The van der Waals surface area contributed by atoms with Gasteiger partial charge in [0.05, 0.1) is 29.2 Å². The summed E-state index contributed by atoms with van der Waals surface area (Å²) >= 11 is 0. The van der Waals surface area contributed by atoms with Gasteiger partial charge in [-0.05, 0) is 25.8 Å². The van der Waals surface area contributed by atoms with Gasteiger partial charge in [0.15, 0.2) is 9.84 Å². The van der Waals surface area contributed by atoms with Crippen LogP contribution >= 0.6 is 0 Å². The van der Waals surface area contributed by atoms with Crippen molar-refractivity contribution < 1.29 is 13.2 Å². The first-order chi connectivity index (χ1) is 9.65. The van der Waals surface area contributed by atoms with E-state index < -0.39 is 9.84 Å². The fraction of sp³-hybridized carbons (Fsp3) is 0.857. The van der Waals surface area contributed by atoms with Gasteiger partial charge in [-0.15, -0.1) is 0 Å². The summed E-state index contributed by atoms with van der Waals surface area (Å²) in [5, 5.41) is 5.95. The van der Waals surface area contributed by atoms with Crippen LogP contribution in [0.3, 0.4) is 0 Å². The third kappa shape index (κ3) is 3.45. The molecule has 2 aliphatic rings. The molecule has 2 unspecified atom stereocenters. The maximum absolute atomic E-state index is 12.6. The summed E-state index contributed by atoms with van der Waals surface area (Å²) in [5.41, 5.74) is 6.20. The van der Waals surface area contributed by atoms with Crippen molar-refractivity contribution in [2.75, 3.05) is 18.1 Å². The van der Waals surface area contributed by atoms with Crippen molar-refractivity contribution in [2.24, 2.45) is 22.2 Å². The van der Waals surface area contributed by atoms with Crippen molar-refractivity contribution in [3.8, 4) is 0 Å². The van der Waals surface area contributed by atoms with Gasteiger partial charge in [0.25, 0.3) is 5.91 Å². The highest BCUT2D eigenvalue weighted by Crippen LogP contribution is 2.34. The lowest BCUT2D eigenvalue weighted by Gasteiger charge is -2.22. The van der Waals surface area contributed by atoms with Gasteiger partial charge >= 0.3 is 0 Å². The molecule has 0 aromatic heterocycles. The Labute approximate surface area is 126 Å². The van der Waals surface area contributed by atoms with Gasteiger partial charge in [-0.2, -0.15) is 5.10 Å². The molecule has 7 heteroatoms. The quantitative estimate of drug-likeness (QED) is 0.829. The monoisotopic (exact) mass is 315 g/mol. The fourth-order valence-electron chi connectivity index (χ4n) is 3.00. The maximum Gasteiger partial charge on any atom is 0.251 e. The van der Waals surface area contributed by atoms with Gasteiger partial charge < -0.3 is 5.73 Å². The number of hydrogen-bond acceptors (Lipinski definition) is 5. The van der Waals surface area contributed by atoms with Gasteiger partial charge in [0, 0.05) is 5.41 Å². The van der Waals surface area contributed by atoms with Crippen LogP contribution in [0.4, 0.5) is 0 Å². The molecule has 2 heterocycles. The molecule has 6 nitrogen and oxygen atoms in total. The summed E-state index contributed by atoms with van der Waals surface area (Å²) in [7, 11) is -3.03. The summed E-state index contributed by atoms with van der Waals surface area (Å²) in [6.45, 7) is 6.63. The molecule has 0 aromatic carbocycles. The van der Waals surface area contributed by atoms with E-state index in [4.69, 9.17) is 5.73 Å². The van der Waals surface area contributed by atoms with E-state index in [1.807, 2.05) is 20.8 Å². The third-order valence-electron chi connectivity index (χ3n) is 4.09. The summed E-state index contributed by atoms with van der Waals surface area (Å²) in [4.78, 5) is 12.6. The van der Waals surface area contributed by atoms with Crippen molar-refractivity contribution in [3.63, 3.8) is 0 Å². The number of hydrazone groups is 1. The highest BCUT2D eigenvalue weighted by Gasteiger charge is 2.45. The van der Waals surface area contributed by atoms with Gasteiger partial charge in [-0.3, -0.25) is 4.79 Å². The van der Waals surface area contributed by atoms with Crippen LogP contribution in [0.5, 0.6) is 0 Å². The molecule has 2 N–H and O–H groups in total. The van der Waals surface area contributed by atoms with Gasteiger partial charge in [-0.25, -0.2) is 13.4 Å². The molecule has 0 saturated carbocycles. The second kappa shape index (κ2) is 5.68. The molecule has 2 rings (SSSR count). The molecule has 1 amide bonds. The minimum absolute atomic E-state index is 0.0310. The van der Waals surface area contributed by atoms with Crippen LogP contribution < -0.4 is 5.73 Å². The van der Waals surface area contributed by atoms with E-state index in [1.165, 1.54) is 5.01 Å². The molecular weight excluding hydrogens is 290 g/mol. The topological polar surface area (TPSA) is 92.8 Å². The highest BCUT2D eigenvalue weighted by atomic mass is 32.2. The number of sulfone groups is 1.